The third-order valence-corrected chi connectivity index (χ3v) is 5.90. The number of hydrogen-bond acceptors (Lipinski definition) is 7. The number of nitrogens with one attached hydrogen (secondary N) is 1. The van der Waals surface area contributed by atoms with Gasteiger partial charge in [-0.3, -0.25) is 4.79 Å². The van der Waals surface area contributed by atoms with E-state index >= 15 is 0 Å². The molecule has 1 unspecified atom stereocenters. The molecule has 1 atom stereocenters. The van der Waals surface area contributed by atoms with Crippen LogP contribution in [0.2, 0.25) is 0 Å². The second kappa shape index (κ2) is 10.0. The van der Waals surface area contributed by atoms with Crippen LogP contribution < -0.4 is 10.2 Å². The number of thioether (sulfide) groups is 1. The van der Waals surface area contributed by atoms with E-state index in [0.717, 1.165) is 5.69 Å². The molecule has 3 rings (SSSR count). The van der Waals surface area contributed by atoms with Gasteiger partial charge in [0.05, 0.1) is 17.7 Å². The van der Waals surface area contributed by atoms with E-state index in [1.165, 1.54) is 35.2 Å². The number of anilines is 3. The first-order valence-electron chi connectivity index (χ1n) is 8.83. The molecule has 1 N–H and O–H groups in total. The molecule has 0 bridgehead atoms. The number of halogens is 1. The molecular weight excluding hydrogens is 409 g/mol. The van der Waals surface area contributed by atoms with Crippen molar-refractivity contribution in [1.82, 2.24) is 10.2 Å². The number of nitrogens with zero attached hydrogens (tertiary/aromatic N) is 4. The van der Waals surface area contributed by atoms with E-state index < -0.39 is 5.25 Å². The number of nitriles is 1. The maximum Gasteiger partial charge on any atom is 0.240 e. The van der Waals surface area contributed by atoms with Crippen molar-refractivity contribution in [1.29, 1.82) is 5.26 Å². The molecule has 1 aromatic heterocycles. The van der Waals surface area contributed by atoms with Gasteiger partial charge < -0.3 is 10.2 Å². The fourth-order valence-corrected chi connectivity index (χ4v) is 4.53. The van der Waals surface area contributed by atoms with E-state index in [2.05, 4.69) is 21.6 Å². The first-order chi connectivity index (χ1) is 14.1. The number of rotatable bonds is 8. The monoisotopic (exact) mass is 427 g/mol. The molecule has 0 saturated carbocycles. The maximum atomic E-state index is 13.3. The summed E-state index contributed by atoms with van der Waals surface area (Å²) < 4.78 is 13.9. The van der Waals surface area contributed by atoms with Crippen molar-refractivity contribution in [2.24, 2.45) is 0 Å². The smallest absolute Gasteiger partial charge is 0.240 e. The van der Waals surface area contributed by atoms with Gasteiger partial charge in [-0.2, -0.15) is 5.26 Å². The molecule has 6 nitrogen and oxygen atoms in total. The summed E-state index contributed by atoms with van der Waals surface area (Å²) in [5.41, 5.74) is 1.33. The number of amides is 1. The summed E-state index contributed by atoms with van der Waals surface area (Å²) in [6, 6.07) is 17.4. The van der Waals surface area contributed by atoms with Gasteiger partial charge in [-0.15, -0.1) is 10.2 Å². The Bertz CT molecular complexity index is 1010. The van der Waals surface area contributed by atoms with Gasteiger partial charge in [0.1, 0.15) is 5.82 Å². The lowest BCUT2D eigenvalue weighted by molar-refractivity contribution is -0.117. The van der Waals surface area contributed by atoms with Gasteiger partial charge in [-0.1, -0.05) is 47.4 Å². The first-order valence-corrected chi connectivity index (χ1v) is 10.5. The van der Waals surface area contributed by atoms with Gasteiger partial charge in [-0.05, 0) is 37.3 Å². The molecule has 9 heteroatoms. The highest BCUT2D eigenvalue weighted by atomic mass is 32.2. The minimum absolute atomic E-state index is 0.105. The molecule has 0 aliphatic carbocycles. The van der Waals surface area contributed by atoms with Crippen LogP contribution >= 0.6 is 23.1 Å². The Kier molecular flexibility index (Phi) is 7.16. The van der Waals surface area contributed by atoms with E-state index in [1.54, 1.807) is 24.0 Å². The number of hydrogen-bond donors (Lipinski definition) is 1. The van der Waals surface area contributed by atoms with Crippen molar-refractivity contribution in [3.05, 3.63) is 60.4 Å². The van der Waals surface area contributed by atoms with E-state index in [-0.39, 0.29) is 18.1 Å². The average Bonchev–Trinajstić information content (AvgIpc) is 3.15. The summed E-state index contributed by atoms with van der Waals surface area (Å²) in [6.45, 7) is 2.13. The largest absolute Gasteiger partial charge is 0.330 e. The van der Waals surface area contributed by atoms with Gasteiger partial charge >= 0.3 is 0 Å². The quantitative estimate of drug-likeness (QED) is 0.518. The van der Waals surface area contributed by atoms with Gasteiger partial charge in [0.25, 0.3) is 0 Å². The number of carbonyl (C=O) groups is 1. The lowest BCUT2D eigenvalue weighted by atomic mass is 10.2. The summed E-state index contributed by atoms with van der Waals surface area (Å²) in [6.07, 6.45) is 0.249. The topological polar surface area (TPSA) is 81.9 Å². The standard InChI is InChI=1S/C20H18FN5OS2/c1-14(18(27)26(12-6-11-22)17-9-3-2-4-10-17)28-20-25-24-19(29-20)23-16-8-5-7-15(21)13-16/h2-5,7-10,13-14H,6,12H2,1H3,(H,23,24). The van der Waals surface area contributed by atoms with Crippen molar-refractivity contribution in [3.63, 3.8) is 0 Å². The molecule has 29 heavy (non-hydrogen) atoms. The number of carbonyl (C=O) groups excluding carboxylic acids is 1. The van der Waals surface area contributed by atoms with Crippen molar-refractivity contribution in [2.75, 3.05) is 16.8 Å². The highest BCUT2D eigenvalue weighted by Crippen LogP contribution is 2.32. The van der Waals surface area contributed by atoms with Crippen LogP contribution in [0.25, 0.3) is 0 Å². The number of benzene rings is 2. The highest BCUT2D eigenvalue weighted by molar-refractivity contribution is 8.02. The molecular formula is C20H18FN5OS2. The molecule has 1 amide bonds. The second-order valence-electron chi connectivity index (χ2n) is 6.00. The van der Waals surface area contributed by atoms with Crippen molar-refractivity contribution in [2.45, 2.75) is 22.9 Å². The maximum absolute atomic E-state index is 13.3. The Balaban J connectivity index is 1.67. The minimum atomic E-state index is -0.413. The summed E-state index contributed by atoms with van der Waals surface area (Å²) in [7, 11) is 0. The summed E-state index contributed by atoms with van der Waals surface area (Å²) in [4.78, 5) is 14.6. The highest BCUT2D eigenvalue weighted by Gasteiger charge is 2.24. The van der Waals surface area contributed by atoms with Crippen LogP contribution in [-0.2, 0) is 4.79 Å². The van der Waals surface area contributed by atoms with Gasteiger partial charge in [0, 0.05) is 17.9 Å². The number of para-hydroxylation sites is 1. The average molecular weight is 428 g/mol. The molecule has 3 aromatic rings. The zero-order chi connectivity index (χ0) is 20.6. The lowest BCUT2D eigenvalue weighted by Crippen LogP contribution is -2.37. The lowest BCUT2D eigenvalue weighted by Gasteiger charge is -2.24. The Morgan fingerprint density at radius 3 is 2.79 bits per heavy atom. The summed E-state index contributed by atoms with van der Waals surface area (Å²) >= 11 is 2.59. The molecule has 0 fully saturated rings. The molecule has 0 spiro atoms. The van der Waals surface area contributed by atoms with Crippen LogP contribution in [0.1, 0.15) is 13.3 Å². The van der Waals surface area contributed by atoms with E-state index in [0.29, 0.717) is 21.7 Å². The van der Waals surface area contributed by atoms with Gasteiger partial charge in [0.2, 0.25) is 11.0 Å². The first kappa shape index (κ1) is 20.8. The van der Waals surface area contributed by atoms with Crippen LogP contribution in [0.15, 0.2) is 58.9 Å². The normalized spacial score (nSPS) is 11.5. The van der Waals surface area contributed by atoms with E-state index in [4.69, 9.17) is 5.26 Å². The van der Waals surface area contributed by atoms with Gasteiger partial charge in [-0.25, -0.2) is 4.39 Å². The van der Waals surface area contributed by atoms with E-state index in [9.17, 15) is 9.18 Å². The Morgan fingerprint density at radius 2 is 2.07 bits per heavy atom. The molecule has 0 saturated heterocycles. The van der Waals surface area contributed by atoms with E-state index in [1.807, 2.05) is 30.3 Å². The summed E-state index contributed by atoms with van der Waals surface area (Å²) in [5.74, 6) is -0.446. The fraction of sp³-hybridized carbons (Fsp3) is 0.200. The third kappa shape index (κ3) is 5.76. The van der Waals surface area contributed by atoms with Crippen LogP contribution in [0.3, 0.4) is 0 Å². The van der Waals surface area contributed by atoms with Crippen molar-refractivity contribution < 1.29 is 9.18 Å². The molecule has 0 aliphatic heterocycles. The van der Waals surface area contributed by atoms with Crippen molar-refractivity contribution in [3.8, 4) is 6.07 Å². The minimum Gasteiger partial charge on any atom is -0.330 e. The molecule has 1 heterocycles. The van der Waals surface area contributed by atoms with Crippen LogP contribution in [0, 0.1) is 17.1 Å². The fourth-order valence-electron chi connectivity index (χ4n) is 2.55. The Labute approximate surface area is 176 Å². The molecule has 0 radical (unpaired) electrons. The molecule has 0 aliphatic rings. The predicted octanol–water partition coefficient (Wildman–Crippen LogP) is 4.85. The zero-order valence-electron chi connectivity index (χ0n) is 15.6. The van der Waals surface area contributed by atoms with Crippen LogP contribution in [0.5, 0.6) is 0 Å². The SMILES string of the molecule is CC(Sc1nnc(Nc2cccc(F)c2)s1)C(=O)N(CCC#N)c1ccccc1. The molecule has 2 aromatic carbocycles. The second-order valence-corrected chi connectivity index (χ2v) is 8.57. The van der Waals surface area contributed by atoms with Crippen molar-refractivity contribution >= 4 is 45.5 Å². The molecule has 148 valence electrons. The number of aromatic nitrogens is 2. The van der Waals surface area contributed by atoms with Crippen LogP contribution in [-0.4, -0.2) is 27.9 Å². The zero-order valence-corrected chi connectivity index (χ0v) is 17.2. The Morgan fingerprint density at radius 1 is 1.28 bits per heavy atom. The van der Waals surface area contributed by atoms with Gasteiger partial charge in [0.15, 0.2) is 4.34 Å². The van der Waals surface area contributed by atoms with Crippen LogP contribution in [0.4, 0.5) is 20.9 Å². The third-order valence-electron chi connectivity index (χ3n) is 3.89. The summed E-state index contributed by atoms with van der Waals surface area (Å²) in [5, 5.41) is 20.2. The predicted molar refractivity (Wildman–Crippen MR) is 114 cm³/mol. The Hall–Kier alpha value is -2.96.